The molecule has 1 aromatic carbocycles. The maximum absolute atomic E-state index is 12.1. The van der Waals surface area contributed by atoms with E-state index in [1.54, 1.807) is 7.11 Å². The van der Waals surface area contributed by atoms with Gasteiger partial charge in [0.2, 0.25) is 5.91 Å². The van der Waals surface area contributed by atoms with Gasteiger partial charge in [-0.15, -0.1) is 0 Å². The van der Waals surface area contributed by atoms with Gasteiger partial charge in [0, 0.05) is 6.04 Å². The van der Waals surface area contributed by atoms with Crippen LogP contribution < -0.4 is 20.5 Å². The van der Waals surface area contributed by atoms with Crippen LogP contribution in [0.3, 0.4) is 0 Å². The van der Waals surface area contributed by atoms with Gasteiger partial charge in [0.05, 0.1) is 7.11 Å². The van der Waals surface area contributed by atoms with E-state index in [1.165, 1.54) is 0 Å². The molecular weight excluding hydrogens is 268 g/mol. The molecule has 0 heterocycles. The van der Waals surface area contributed by atoms with Crippen LogP contribution in [0.25, 0.3) is 0 Å². The van der Waals surface area contributed by atoms with Crippen LogP contribution in [0, 0.1) is 5.92 Å². The van der Waals surface area contributed by atoms with Gasteiger partial charge in [-0.05, 0) is 44.7 Å². The SMILES string of the molecule is COc1ccccc1OCC(NC(C)C)(C(N)=O)C1CC1. The molecule has 0 spiro atoms. The Morgan fingerprint density at radius 1 is 1.38 bits per heavy atom. The van der Waals surface area contributed by atoms with E-state index in [2.05, 4.69) is 5.32 Å². The first-order chi connectivity index (χ1) is 9.99. The Hall–Kier alpha value is -1.75. The molecule has 0 radical (unpaired) electrons. The van der Waals surface area contributed by atoms with E-state index in [9.17, 15) is 4.79 Å². The molecule has 2 rings (SSSR count). The molecule has 0 aliphatic heterocycles. The highest BCUT2D eigenvalue weighted by Crippen LogP contribution is 2.41. The fourth-order valence-corrected chi connectivity index (χ4v) is 2.64. The summed E-state index contributed by atoms with van der Waals surface area (Å²) in [5.74, 6) is 1.16. The second-order valence-corrected chi connectivity index (χ2v) is 5.85. The van der Waals surface area contributed by atoms with Crippen molar-refractivity contribution >= 4 is 5.91 Å². The molecule has 21 heavy (non-hydrogen) atoms. The Morgan fingerprint density at radius 3 is 2.48 bits per heavy atom. The quantitative estimate of drug-likeness (QED) is 0.765. The highest BCUT2D eigenvalue weighted by molar-refractivity contribution is 5.86. The van der Waals surface area contributed by atoms with Crippen LogP contribution in [-0.4, -0.2) is 31.2 Å². The number of hydrogen-bond acceptors (Lipinski definition) is 4. The van der Waals surface area contributed by atoms with Crippen LogP contribution in [0.15, 0.2) is 24.3 Å². The van der Waals surface area contributed by atoms with Crippen molar-refractivity contribution in [2.75, 3.05) is 13.7 Å². The third-order valence-electron chi connectivity index (χ3n) is 3.78. The lowest BCUT2D eigenvalue weighted by molar-refractivity contribution is -0.127. The van der Waals surface area contributed by atoms with Crippen LogP contribution in [0.1, 0.15) is 26.7 Å². The Morgan fingerprint density at radius 2 is 2.00 bits per heavy atom. The molecular formula is C16H24N2O3. The van der Waals surface area contributed by atoms with E-state index in [1.807, 2.05) is 38.1 Å². The number of benzene rings is 1. The second-order valence-electron chi connectivity index (χ2n) is 5.85. The fourth-order valence-electron chi connectivity index (χ4n) is 2.64. The molecule has 0 saturated heterocycles. The molecule has 5 nitrogen and oxygen atoms in total. The van der Waals surface area contributed by atoms with Crippen molar-refractivity contribution < 1.29 is 14.3 Å². The highest BCUT2D eigenvalue weighted by atomic mass is 16.5. The monoisotopic (exact) mass is 292 g/mol. The van der Waals surface area contributed by atoms with Crippen LogP contribution in [0.5, 0.6) is 11.5 Å². The maximum Gasteiger partial charge on any atom is 0.241 e. The first-order valence-corrected chi connectivity index (χ1v) is 7.33. The summed E-state index contributed by atoms with van der Waals surface area (Å²) >= 11 is 0. The van der Waals surface area contributed by atoms with Crippen molar-refractivity contribution in [2.45, 2.75) is 38.3 Å². The average molecular weight is 292 g/mol. The van der Waals surface area contributed by atoms with E-state index >= 15 is 0 Å². The first kappa shape index (κ1) is 15.6. The lowest BCUT2D eigenvalue weighted by Gasteiger charge is -2.34. The van der Waals surface area contributed by atoms with E-state index in [0.29, 0.717) is 11.5 Å². The summed E-state index contributed by atoms with van der Waals surface area (Å²) in [7, 11) is 1.59. The summed E-state index contributed by atoms with van der Waals surface area (Å²) in [6.07, 6.45) is 2.00. The molecule has 1 fully saturated rings. The predicted molar refractivity (Wildman–Crippen MR) is 81.4 cm³/mol. The standard InChI is InChI=1S/C16H24N2O3/c1-11(2)18-16(15(17)19,12-8-9-12)10-21-14-7-5-4-6-13(14)20-3/h4-7,11-12,18H,8-10H2,1-3H3,(H2,17,19). The molecule has 1 saturated carbocycles. The molecule has 1 unspecified atom stereocenters. The summed E-state index contributed by atoms with van der Waals surface area (Å²) < 4.78 is 11.1. The molecule has 3 N–H and O–H groups in total. The largest absolute Gasteiger partial charge is 0.493 e. The topological polar surface area (TPSA) is 73.6 Å². The molecule has 0 bridgehead atoms. The van der Waals surface area contributed by atoms with E-state index < -0.39 is 5.54 Å². The van der Waals surface area contributed by atoms with Gasteiger partial charge in [0.25, 0.3) is 0 Å². The average Bonchev–Trinajstić information content (AvgIpc) is 3.28. The van der Waals surface area contributed by atoms with E-state index in [0.717, 1.165) is 12.8 Å². The summed E-state index contributed by atoms with van der Waals surface area (Å²) in [6.45, 7) is 4.22. The number of primary amides is 1. The molecule has 1 atom stereocenters. The van der Waals surface area contributed by atoms with Gasteiger partial charge in [0.1, 0.15) is 12.1 Å². The van der Waals surface area contributed by atoms with E-state index in [4.69, 9.17) is 15.2 Å². The van der Waals surface area contributed by atoms with Crippen molar-refractivity contribution in [3.63, 3.8) is 0 Å². The van der Waals surface area contributed by atoms with E-state index in [-0.39, 0.29) is 24.5 Å². The number of para-hydroxylation sites is 2. The molecule has 1 aliphatic rings. The zero-order valence-electron chi connectivity index (χ0n) is 12.9. The zero-order chi connectivity index (χ0) is 15.5. The molecule has 0 aromatic heterocycles. The van der Waals surface area contributed by atoms with Gasteiger partial charge in [-0.2, -0.15) is 0 Å². The normalized spacial score (nSPS) is 17.3. The number of hydrogen-bond donors (Lipinski definition) is 2. The third-order valence-corrected chi connectivity index (χ3v) is 3.78. The molecule has 5 heteroatoms. The number of carbonyl (C=O) groups excluding carboxylic acids is 1. The molecule has 1 aliphatic carbocycles. The molecule has 1 amide bonds. The summed E-state index contributed by atoms with van der Waals surface area (Å²) in [5, 5.41) is 3.32. The number of methoxy groups -OCH3 is 1. The van der Waals surface area contributed by atoms with Crippen LogP contribution in [0.4, 0.5) is 0 Å². The van der Waals surface area contributed by atoms with Gasteiger partial charge in [0.15, 0.2) is 11.5 Å². The van der Waals surface area contributed by atoms with Gasteiger partial charge in [-0.3, -0.25) is 10.1 Å². The van der Waals surface area contributed by atoms with Gasteiger partial charge < -0.3 is 15.2 Å². The molecule has 116 valence electrons. The minimum Gasteiger partial charge on any atom is -0.493 e. The highest BCUT2D eigenvalue weighted by Gasteiger charge is 2.51. The lowest BCUT2D eigenvalue weighted by Crippen LogP contribution is -2.62. The number of rotatable bonds is 8. The first-order valence-electron chi connectivity index (χ1n) is 7.33. The molecule has 1 aromatic rings. The van der Waals surface area contributed by atoms with Crippen LogP contribution in [-0.2, 0) is 4.79 Å². The van der Waals surface area contributed by atoms with Crippen molar-refractivity contribution in [2.24, 2.45) is 11.7 Å². The van der Waals surface area contributed by atoms with Crippen molar-refractivity contribution in [3.05, 3.63) is 24.3 Å². The predicted octanol–water partition coefficient (Wildman–Crippen LogP) is 1.71. The number of nitrogens with one attached hydrogen (secondary N) is 1. The number of nitrogens with two attached hydrogens (primary N) is 1. The van der Waals surface area contributed by atoms with Gasteiger partial charge in [-0.25, -0.2) is 0 Å². The third kappa shape index (κ3) is 3.47. The van der Waals surface area contributed by atoms with Crippen molar-refractivity contribution in [1.29, 1.82) is 0 Å². The Balaban J connectivity index is 2.17. The minimum absolute atomic E-state index is 0.152. The Bertz CT molecular complexity index is 500. The second kappa shape index (κ2) is 6.35. The summed E-state index contributed by atoms with van der Waals surface area (Å²) in [5.41, 5.74) is 4.87. The van der Waals surface area contributed by atoms with Crippen LogP contribution >= 0.6 is 0 Å². The Labute approximate surface area is 125 Å². The van der Waals surface area contributed by atoms with Gasteiger partial charge >= 0.3 is 0 Å². The van der Waals surface area contributed by atoms with Gasteiger partial charge in [-0.1, -0.05) is 12.1 Å². The van der Waals surface area contributed by atoms with Crippen molar-refractivity contribution in [3.8, 4) is 11.5 Å². The lowest BCUT2D eigenvalue weighted by atomic mass is 9.92. The summed E-state index contributed by atoms with van der Waals surface area (Å²) in [6, 6.07) is 7.55. The number of carbonyl (C=O) groups is 1. The fraction of sp³-hybridized carbons (Fsp3) is 0.562. The zero-order valence-corrected chi connectivity index (χ0v) is 12.9. The summed E-state index contributed by atoms with van der Waals surface area (Å²) in [4.78, 5) is 12.1. The maximum atomic E-state index is 12.1. The number of amides is 1. The Kier molecular flexibility index (Phi) is 4.73. The van der Waals surface area contributed by atoms with Crippen LogP contribution in [0.2, 0.25) is 0 Å². The minimum atomic E-state index is -0.810. The smallest absolute Gasteiger partial charge is 0.241 e. The van der Waals surface area contributed by atoms with Crippen molar-refractivity contribution in [1.82, 2.24) is 5.32 Å². The number of ether oxygens (including phenoxy) is 2.